The van der Waals surface area contributed by atoms with Gasteiger partial charge in [-0.1, -0.05) is 34.1 Å². The van der Waals surface area contributed by atoms with E-state index < -0.39 is 0 Å². The van der Waals surface area contributed by atoms with Crippen LogP contribution in [0.5, 0.6) is 0 Å². The number of carbonyl (C=O) groups excluding carboxylic acids is 1. The normalized spacial score (nSPS) is 10.6. The van der Waals surface area contributed by atoms with Crippen molar-refractivity contribution in [1.29, 1.82) is 0 Å². The molecule has 1 amide bonds. The largest absolute Gasteiger partial charge is 0.321 e. The number of carbonyl (C=O) groups is 1. The van der Waals surface area contributed by atoms with E-state index in [1.54, 1.807) is 12.4 Å². The Morgan fingerprint density at radius 1 is 1.14 bits per heavy atom. The average Bonchev–Trinajstić information content (AvgIpc) is 2.50. The maximum atomic E-state index is 12.5. The van der Waals surface area contributed by atoms with Crippen LogP contribution in [0.4, 0.5) is 5.69 Å². The third-order valence-corrected chi connectivity index (χ3v) is 4.30. The van der Waals surface area contributed by atoms with Crippen LogP contribution in [-0.2, 0) is 0 Å². The minimum Gasteiger partial charge on any atom is -0.321 e. The summed E-state index contributed by atoms with van der Waals surface area (Å²) in [5, 5.41) is 4.95. The molecular formula is C17H13BrN2O. The highest BCUT2D eigenvalue weighted by molar-refractivity contribution is 9.10. The number of aromatic nitrogens is 1. The molecule has 3 rings (SSSR count). The number of fused-ring (bicyclic) bond motifs is 1. The Bertz CT molecular complexity index is 825. The van der Waals surface area contributed by atoms with E-state index in [9.17, 15) is 4.79 Å². The van der Waals surface area contributed by atoms with Gasteiger partial charge in [0.1, 0.15) is 0 Å². The highest BCUT2D eigenvalue weighted by Gasteiger charge is 2.12. The second-order valence-electron chi connectivity index (χ2n) is 4.77. The number of benzene rings is 2. The zero-order valence-corrected chi connectivity index (χ0v) is 13.0. The van der Waals surface area contributed by atoms with Crippen LogP contribution in [0.25, 0.3) is 10.8 Å². The molecule has 0 aliphatic carbocycles. The standard InChI is InChI=1S/C17H13BrN2O/c1-11-13(5-3-6-15(11)18)17(21)20-16-7-2-4-12-8-9-19-10-14(12)16/h2-10H,1H3,(H,20,21). The van der Waals surface area contributed by atoms with Crippen molar-refractivity contribution in [2.45, 2.75) is 6.92 Å². The lowest BCUT2D eigenvalue weighted by Gasteiger charge is -2.10. The van der Waals surface area contributed by atoms with E-state index in [1.165, 1.54) is 0 Å². The molecule has 0 radical (unpaired) electrons. The molecule has 104 valence electrons. The Hall–Kier alpha value is -2.20. The van der Waals surface area contributed by atoms with Crippen molar-refractivity contribution >= 4 is 38.3 Å². The second-order valence-corrected chi connectivity index (χ2v) is 5.62. The first-order valence-electron chi connectivity index (χ1n) is 6.56. The molecule has 0 atom stereocenters. The topological polar surface area (TPSA) is 42.0 Å². The van der Waals surface area contributed by atoms with Crippen molar-refractivity contribution in [1.82, 2.24) is 4.98 Å². The van der Waals surface area contributed by atoms with Crippen LogP contribution in [0.2, 0.25) is 0 Å². The van der Waals surface area contributed by atoms with Crippen LogP contribution in [0.1, 0.15) is 15.9 Å². The van der Waals surface area contributed by atoms with Crippen LogP contribution in [0.15, 0.2) is 59.3 Å². The maximum absolute atomic E-state index is 12.5. The molecule has 3 aromatic rings. The van der Waals surface area contributed by atoms with Gasteiger partial charge in [0.15, 0.2) is 0 Å². The number of hydrogen-bond acceptors (Lipinski definition) is 2. The smallest absolute Gasteiger partial charge is 0.255 e. The quantitative estimate of drug-likeness (QED) is 0.743. The Morgan fingerprint density at radius 2 is 1.95 bits per heavy atom. The molecule has 3 nitrogen and oxygen atoms in total. The van der Waals surface area contributed by atoms with Gasteiger partial charge in [0, 0.05) is 27.8 Å². The third kappa shape index (κ3) is 2.67. The van der Waals surface area contributed by atoms with Gasteiger partial charge in [0.25, 0.3) is 5.91 Å². The van der Waals surface area contributed by atoms with Gasteiger partial charge in [-0.25, -0.2) is 0 Å². The molecule has 2 aromatic carbocycles. The number of hydrogen-bond donors (Lipinski definition) is 1. The summed E-state index contributed by atoms with van der Waals surface area (Å²) in [6, 6.07) is 13.3. The summed E-state index contributed by atoms with van der Waals surface area (Å²) >= 11 is 3.45. The highest BCUT2D eigenvalue weighted by Crippen LogP contribution is 2.24. The van der Waals surface area contributed by atoms with E-state index >= 15 is 0 Å². The predicted octanol–water partition coefficient (Wildman–Crippen LogP) is 4.56. The molecule has 0 unspecified atom stereocenters. The number of nitrogens with zero attached hydrogens (tertiary/aromatic N) is 1. The lowest BCUT2D eigenvalue weighted by Crippen LogP contribution is -2.13. The van der Waals surface area contributed by atoms with Crippen molar-refractivity contribution in [2.24, 2.45) is 0 Å². The maximum Gasteiger partial charge on any atom is 0.255 e. The average molecular weight is 341 g/mol. The van der Waals surface area contributed by atoms with Gasteiger partial charge < -0.3 is 5.32 Å². The fourth-order valence-corrected chi connectivity index (χ4v) is 2.63. The van der Waals surface area contributed by atoms with Gasteiger partial charge in [-0.3, -0.25) is 9.78 Å². The highest BCUT2D eigenvalue weighted by atomic mass is 79.9. The van der Waals surface area contributed by atoms with E-state index in [0.29, 0.717) is 5.56 Å². The fourth-order valence-electron chi connectivity index (χ4n) is 2.27. The second kappa shape index (κ2) is 5.66. The molecule has 0 fully saturated rings. The van der Waals surface area contributed by atoms with E-state index in [0.717, 1.165) is 26.5 Å². The number of pyridine rings is 1. The van der Waals surface area contributed by atoms with E-state index in [2.05, 4.69) is 26.2 Å². The molecule has 0 bridgehead atoms. The number of anilines is 1. The molecule has 0 aliphatic rings. The SMILES string of the molecule is Cc1c(Br)cccc1C(=O)Nc1cccc2ccncc12. The molecule has 1 heterocycles. The lowest BCUT2D eigenvalue weighted by molar-refractivity contribution is 0.102. The lowest BCUT2D eigenvalue weighted by atomic mass is 10.1. The van der Waals surface area contributed by atoms with E-state index in [1.807, 2.05) is 49.4 Å². The van der Waals surface area contributed by atoms with Gasteiger partial charge in [0.2, 0.25) is 0 Å². The van der Waals surface area contributed by atoms with Gasteiger partial charge in [0.05, 0.1) is 5.69 Å². The Kier molecular flexibility index (Phi) is 3.71. The first-order chi connectivity index (χ1) is 10.2. The Labute approximate surface area is 131 Å². The molecular weight excluding hydrogens is 328 g/mol. The first-order valence-corrected chi connectivity index (χ1v) is 7.35. The first kappa shape index (κ1) is 13.8. The third-order valence-electron chi connectivity index (χ3n) is 3.44. The van der Waals surface area contributed by atoms with Crippen LogP contribution >= 0.6 is 15.9 Å². The Morgan fingerprint density at radius 3 is 2.81 bits per heavy atom. The summed E-state index contributed by atoms with van der Waals surface area (Å²) in [7, 11) is 0. The van der Waals surface area contributed by atoms with Crippen molar-refractivity contribution in [3.05, 3.63) is 70.5 Å². The van der Waals surface area contributed by atoms with Crippen LogP contribution in [0, 0.1) is 6.92 Å². The van der Waals surface area contributed by atoms with E-state index in [-0.39, 0.29) is 5.91 Å². The Balaban J connectivity index is 1.99. The number of rotatable bonds is 2. The molecule has 4 heteroatoms. The fraction of sp³-hybridized carbons (Fsp3) is 0.0588. The number of amides is 1. The summed E-state index contributed by atoms with van der Waals surface area (Å²) in [5.41, 5.74) is 2.35. The van der Waals surface area contributed by atoms with Crippen LogP contribution < -0.4 is 5.32 Å². The van der Waals surface area contributed by atoms with Gasteiger partial charge in [-0.05, 0) is 42.1 Å². The monoisotopic (exact) mass is 340 g/mol. The molecule has 0 saturated heterocycles. The van der Waals surface area contributed by atoms with Crippen molar-refractivity contribution in [3.63, 3.8) is 0 Å². The summed E-state index contributed by atoms with van der Waals surface area (Å²) in [6.45, 7) is 1.92. The molecule has 0 spiro atoms. The summed E-state index contributed by atoms with van der Waals surface area (Å²) in [5.74, 6) is -0.120. The molecule has 0 aliphatic heterocycles. The van der Waals surface area contributed by atoms with Gasteiger partial charge >= 0.3 is 0 Å². The zero-order chi connectivity index (χ0) is 14.8. The molecule has 1 N–H and O–H groups in total. The zero-order valence-electron chi connectivity index (χ0n) is 11.4. The minimum absolute atomic E-state index is 0.120. The van der Waals surface area contributed by atoms with Gasteiger partial charge in [-0.15, -0.1) is 0 Å². The predicted molar refractivity (Wildman–Crippen MR) is 88.6 cm³/mol. The summed E-state index contributed by atoms with van der Waals surface area (Å²) in [6.07, 6.45) is 3.51. The van der Waals surface area contributed by atoms with Crippen molar-refractivity contribution < 1.29 is 4.79 Å². The molecule has 21 heavy (non-hydrogen) atoms. The molecule has 0 saturated carbocycles. The van der Waals surface area contributed by atoms with Crippen molar-refractivity contribution in [3.8, 4) is 0 Å². The summed E-state index contributed by atoms with van der Waals surface area (Å²) < 4.78 is 0.926. The van der Waals surface area contributed by atoms with Gasteiger partial charge in [-0.2, -0.15) is 0 Å². The molecule has 1 aromatic heterocycles. The number of nitrogens with one attached hydrogen (secondary N) is 1. The van der Waals surface area contributed by atoms with Crippen LogP contribution in [-0.4, -0.2) is 10.9 Å². The van der Waals surface area contributed by atoms with Crippen LogP contribution in [0.3, 0.4) is 0 Å². The van der Waals surface area contributed by atoms with Crippen molar-refractivity contribution in [2.75, 3.05) is 5.32 Å². The number of halogens is 1. The van der Waals surface area contributed by atoms with E-state index in [4.69, 9.17) is 0 Å². The summed E-state index contributed by atoms with van der Waals surface area (Å²) in [4.78, 5) is 16.6. The minimum atomic E-state index is -0.120.